The van der Waals surface area contributed by atoms with Crippen LogP contribution in [0.5, 0.6) is 0 Å². The molecule has 0 atom stereocenters. The van der Waals surface area contributed by atoms with Crippen LogP contribution < -0.4 is 5.32 Å². The minimum atomic E-state index is -0.0533. The minimum absolute atomic E-state index is 0.0533. The predicted molar refractivity (Wildman–Crippen MR) is 78.7 cm³/mol. The normalized spacial score (nSPS) is 11.0. The molecule has 3 heteroatoms. The van der Waals surface area contributed by atoms with E-state index in [1.165, 1.54) is 44.6 Å². The number of furan rings is 1. The van der Waals surface area contributed by atoms with E-state index in [9.17, 15) is 4.79 Å². The minimum Gasteiger partial charge on any atom is -0.465 e. The zero-order valence-corrected chi connectivity index (χ0v) is 11.9. The Balaban J connectivity index is 1.96. The zero-order valence-electron chi connectivity index (χ0n) is 11.9. The van der Waals surface area contributed by atoms with Gasteiger partial charge >= 0.3 is 0 Å². The van der Waals surface area contributed by atoms with Crippen LogP contribution in [-0.4, -0.2) is 12.5 Å². The Morgan fingerprint density at radius 1 is 1.21 bits per heavy atom. The molecule has 0 fully saturated rings. The first kappa shape index (κ1) is 15.5. The largest absolute Gasteiger partial charge is 0.465 e. The van der Waals surface area contributed by atoms with Crippen molar-refractivity contribution in [3.8, 4) is 0 Å². The molecule has 1 aromatic rings. The average molecular weight is 263 g/mol. The number of hydrogen-bond donors (Lipinski definition) is 1. The van der Waals surface area contributed by atoms with E-state index in [-0.39, 0.29) is 5.91 Å². The van der Waals surface area contributed by atoms with Crippen LogP contribution in [0, 0.1) is 0 Å². The molecule has 1 amide bonds. The molecular formula is C16H25NO2. The van der Waals surface area contributed by atoms with Gasteiger partial charge in [-0.2, -0.15) is 0 Å². The van der Waals surface area contributed by atoms with Crippen molar-refractivity contribution in [1.29, 1.82) is 0 Å². The highest BCUT2D eigenvalue weighted by molar-refractivity contribution is 5.91. The maximum atomic E-state index is 11.5. The lowest BCUT2D eigenvalue weighted by Gasteiger charge is -2.02. The Kier molecular flexibility index (Phi) is 8.52. The third kappa shape index (κ3) is 8.25. The highest BCUT2D eigenvalue weighted by atomic mass is 16.3. The molecule has 1 aromatic heterocycles. The maximum absolute atomic E-state index is 11.5. The van der Waals surface area contributed by atoms with Gasteiger partial charge in [0.2, 0.25) is 5.91 Å². The molecule has 0 radical (unpaired) electrons. The smallest absolute Gasteiger partial charge is 0.244 e. The van der Waals surface area contributed by atoms with Gasteiger partial charge in [-0.25, -0.2) is 0 Å². The fourth-order valence-corrected chi connectivity index (χ4v) is 1.90. The molecule has 0 saturated carbocycles. The van der Waals surface area contributed by atoms with Gasteiger partial charge in [0.1, 0.15) is 5.76 Å². The lowest BCUT2D eigenvalue weighted by atomic mass is 10.1. The molecule has 0 spiro atoms. The van der Waals surface area contributed by atoms with Gasteiger partial charge in [-0.05, 0) is 24.6 Å². The number of unbranched alkanes of at least 4 members (excludes halogenated alkanes) is 6. The second-order valence-electron chi connectivity index (χ2n) is 4.76. The summed E-state index contributed by atoms with van der Waals surface area (Å²) in [6, 6.07) is 3.62. The summed E-state index contributed by atoms with van der Waals surface area (Å²) < 4.78 is 5.11. The molecule has 0 bridgehead atoms. The third-order valence-electron chi connectivity index (χ3n) is 3.02. The predicted octanol–water partition coefficient (Wildman–Crippen LogP) is 4.16. The molecule has 1 rings (SSSR count). The fourth-order valence-electron chi connectivity index (χ4n) is 1.90. The second-order valence-corrected chi connectivity index (χ2v) is 4.76. The molecule has 0 unspecified atom stereocenters. The Hall–Kier alpha value is -1.51. The van der Waals surface area contributed by atoms with Crippen LogP contribution >= 0.6 is 0 Å². The molecule has 0 aromatic carbocycles. The van der Waals surface area contributed by atoms with Gasteiger partial charge in [0.15, 0.2) is 0 Å². The number of hydrogen-bond acceptors (Lipinski definition) is 2. The molecule has 3 nitrogen and oxygen atoms in total. The van der Waals surface area contributed by atoms with Crippen molar-refractivity contribution >= 4 is 12.0 Å². The topological polar surface area (TPSA) is 42.2 Å². The van der Waals surface area contributed by atoms with Crippen LogP contribution in [0.15, 0.2) is 28.9 Å². The summed E-state index contributed by atoms with van der Waals surface area (Å²) in [7, 11) is 0. The summed E-state index contributed by atoms with van der Waals surface area (Å²) in [5, 5.41) is 2.88. The first-order valence-corrected chi connectivity index (χ1v) is 7.32. The quantitative estimate of drug-likeness (QED) is 0.509. The van der Waals surface area contributed by atoms with Crippen molar-refractivity contribution in [1.82, 2.24) is 5.32 Å². The van der Waals surface area contributed by atoms with Gasteiger partial charge in [-0.1, -0.05) is 45.4 Å². The van der Waals surface area contributed by atoms with E-state index < -0.39 is 0 Å². The number of amides is 1. The van der Waals surface area contributed by atoms with Gasteiger partial charge in [-0.15, -0.1) is 0 Å². The SMILES string of the molecule is CCCCCCCCCNC(=O)C=Cc1ccco1. The summed E-state index contributed by atoms with van der Waals surface area (Å²) in [5.41, 5.74) is 0. The Morgan fingerprint density at radius 2 is 1.95 bits per heavy atom. The maximum Gasteiger partial charge on any atom is 0.244 e. The van der Waals surface area contributed by atoms with E-state index in [2.05, 4.69) is 12.2 Å². The molecule has 19 heavy (non-hydrogen) atoms. The van der Waals surface area contributed by atoms with Crippen LogP contribution in [0.1, 0.15) is 57.6 Å². The lowest BCUT2D eigenvalue weighted by molar-refractivity contribution is -0.116. The molecule has 1 heterocycles. The lowest BCUT2D eigenvalue weighted by Crippen LogP contribution is -2.21. The number of carbonyl (C=O) groups is 1. The number of rotatable bonds is 10. The van der Waals surface area contributed by atoms with Crippen molar-refractivity contribution in [2.75, 3.05) is 6.54 Å². The van der Waals surface area contributed by atoms with E-state index >= 15 is 0 Å². The van der Waals surface area contributed by atoms with E-state index in [0.717, 1.165) is 13.0 Å². The average Bonchev–Trinajstić information content (AvgIpc) is 2.93. The third-order valence-corrected chi connectivity index (χ3v) is 3.02. The highest BCUT2D eigenvalue weighted by Crippen LogP contribution is 2.06. The van der Waals surface area contributed by atoms with E-state index in [0.29, 0.717) is 5.76 Å². The first-order chi connectivity index (χ1) is 9.33. The van der Waals surface area contributed by atoms with Crippen LogP contribution in [0.3, 0.4) is 0 Å². The van der Waals surface area contributed by atoms with Gasteiger partial charge in [0, 0.05) is 12.6 Å². The second kappa shape index (κ2) is 10.4. The summed E-state index contributed by atoms with van der Waals surface area (Å²) in [6.45, 7) is 2.99. The summed E-state index contributed by atoms with van der Waals surface area (Å²) in [4.78, 5) is 11.5. The van der Waals surface area contributed by atoms with E-state index in [1.54, 1.807) is 18.4 Å². The van der Waals surface area contributed by atoms with Gasteiger partial charge in [0.25, 0.3) is 0 Å². The molecule has 106 valence electrons. The van der Waals surface area contributed by atoms with Gasteiger partial charge in [0.05, 0.1) is 6.26 Å². The van der Waals surface area contributed by atoms with Crippen LogP contribution in [0.25, 0.3) is 6.08 Å². The van der Waals surface area contributed by atoms with Crippen molar-refractivity contribution in [2.24, 2.45) is 0 Å². The van der Waals surface area contributed by atoms with Crippen LogP contribution in [0.4, 0.5) is 0 Å². The van der Waals surface area contributed by atoms with Crippen molar-refractivity contribution in [3.05, 3.63) is 30.2 Å². The molecule has 0 aliphatic carbocycles. The van der Waals surface area contributed by atoms with Crippen molar-refractivity contribution in [2.45, 2.75) is 51.9 Å². The molecule has 0 aliphatic rings. The fraction of sp³-hybridized carbons (Fsp3) is 0.562. The van der Waals surface area contributed by atoms with Gasteiger partial charge in [-0.3, -0.25) is 4.79 Å². The molecule has 1 N–H and O–H groups in total. The number of nitrogens with one attached hydrogen (secondary N) is 1. The van der Waals surface area contributed by atoms with E-state index in [1.807, 2.05) is 6.07 Å². The zero-order chi connectivity index (χ0) is 13.8. The molecule has 0 aliphatic heterocycles. The number of carbonyl (C=O) groups excluding carboxylic acids is 1. The van der Waals surface area contributed by atoms with Crippen LogP contribution in [-0.2, 0) is 4.79 Å². The van der Waals surface area contributed by atoms with E-state index in [4.69, 9.17) is 4.42 Å². The van der Waals surface area contributed by atoms with Crippen molar-refractivity contribution < 1.29 is 9.21 Å². The Bertz CT molecular complexity index is 355. The summed E-state index contributed by atoms with van der Waals surface area (Å²) >= 11 is 0. The Morgan fingerprint density at radius 3 is 2.63 bits per heavy atom. The van der Waals surface area contributed by atoms with Crippen LogP contribution in [0.2, 0.25) is 0 Å². The summed E-state index contributed by atoms with van der Waals surface area (Å²) in [5.74, 6) is 0.647. The van der Waals surface area contributed by atoms with Crippen molar-refractivity contribution in [3.63, 3.8) is 0 Å². The standard InChI is InChI=1S/C16H25NO2/c1-2-3-4-5-6-7-8-13-17-16(18)12-11-15-10-9-14-19-15/h9-12,14H,2-8,13H2,1H3,(H,17,18). The first-order valence-electron chi connectivity index (χ1n) is 7.32. The van der Waals surface area contributed by atoms with Gasteiger partial charge < -0.3 is 9.73 Å². The molecule has 0 saturated heterocycles. The highest BCUT2D eigenvalue weighted by Gasteiger charge is 1.96. The molecular weight excluding hydrogens is 238 g/mol. The Labute approximate surface area is 116 Å². The monoisotopic (exact) mass is 263 g/mol. The summed E-state index contributed by atoms with van der Waals surface area (Å²) in [6.07, 6.45) is 13.6.